The van der Waals surface area contributed by atoms with Gasteiger partial charge in [0.2, 0.25) is 11.4 Å². The highest BCUT2D eigenvalue weighted by molar-refractivity contribution is 5.99. The Balaban J connectivity index is 2.07. The van der Waals surface area contributed by atoms with Gasteiger partial charge in [0.25, 0.3) is 0 Å². The van der Waals surface area contributed by atoms with E-state index in [2.05, 4.69) is 6.08 Å². The molecule has 0 amide bonds. The summed E-state index contributed by atoms with van der Waals surface area (Å²) >= 11 is 0. The summed E-state index contributed by atoms with van der Waals surface area (Å²) in [7, 11) is 0. The molecule has 88 valence electrons. The molecule has 0 saturated heterocycles. The van der Waals surface area contributed by atoms with E-state index in [-0.39, 0.29) is 5.92 Å². The van der Waals surface area contributed by atoms with E-state index in [1.54, 1.807) is 0 Å². The fraction of sp³-hybridized carbons (Fsp3) is 0.0625. The first-order valence-electron chi connectivity index (χ1n) is 5.98. The van der Waals surface area contributed by atoms with Gasteiger partial charge in [-0.2, -0.15) is 4.74 Å². The molecule has 0 aromatic heterocycles. The Morgan fingerprint density at radius 1 is 0.944 bits per heavy atom. The average molecular weight is 235 g/mol. The van der Waals surface area contributed by atoms with Crippen LogP contribution in [0, 0.1) is 11.1 Å². The predicted octanol–water partition coefficient (Wildman–Crippen LogP) is 3.51. The summed E-state index contributed by atoms with van der Waals surface area (Å²) < 4.78 is 1.01. The molecular formula is C16H13NO. The zero-order valence-corrected chi connectivity index (χ0v) is 9.86. The summed E-state index contributed by atoms with van der Waals surface area (Å²) in [6.45, 7) is 0. The van der Waals surface area contributed by atoms with Crippen LogP contribution >= 0.6 is 0 Å². The van der Waals surface area contributed by atoms with Crippen molar-refractivity contribution in [2.45, 2.75) is 0 Å². The molecule has 0 fully saturated rings. The number of para-hydroxylation sites is 1. The Bertz CT molecular complexity index is 603. The maximum atomic E-state index is 12.4. The smallest absolute Gasteiger partial charge is 0.216 e. The quantitative estimate of drug-likeness (QED) is 0.415. The van der Waals surface area contributed by atoms with E-state index in [4.69, 9.17) is 0 Å². The van der Waals surface area contributed by atoms with E-state index < -0.39 is 0 Å². The van der Waals surface area contributed by atoms with Crippen molar-refractivity contribution >= 4 is 11.4 Å². The minimum atomic E-state index is 0.0673. The molecule has 1 aromatic rings. The summed E-state index contributed by atoms with van der Waals surface area (Å²) in [4.78, 5) is 0. The number of nitrogens with zero attached hydrogens (tertiary/aromatic N) is 1. The van der Waals surface area contributed by atoms with Crippen molar-refractivity contribution in [3.63, 3.8) is 0 Å². The minimum Gasteiger partial charge on any atom is -0.618 e. The van der Waals surface area contributed by atoms with Crippen molar-refractivity contribution < 1.29 is 4.74 Å². The Morgan fingerprint density at radius 2 is 1.78 bits per heavy atom. The number of rotatable bonds is 1. The largest absolute Gasteiger partial charge is 0.618 e. The van der Waals surface area contributed by atoms with E-state index in [0.29, 0.717) is 5.69 Å². The van der Waals surface area contributed by atoms with Crippen LogP contribution in [0.25, 0.3) is 0 Å². The van der Waals surface area contributed by atoms with E-state index in [9.17, 15) is 5.21 Å². The zero-order chi connectivity index (χ0) is 12.4. The summed E-state index contributed by atoms with van der Waals surface area (Å²) in [5.41, 5.74) is 2.59. The molecule has 0 N–H and O–H groups in total. The lowest BCUT2D eigenvalue weighted by atomic mass is 9.86. The van der Waals surface area contributed by atoms with Crippen molar-refractivity contribution in [3.8, 4) is 0 Å². The molecule has 2 nitrogen and oxygen atoms in total. The lowest BCUT2D eigenvalue weighted by Crippen LogP contribution is -2.22. The zero-order valence-electron chi connectivity index (χ0n) is 9.86. The van der Waals surface area contributed by atoms with Gasteiger partial charge in [-0.05, 0) is 5.57 Å². The highest BCUT2D eigenvalue weighted by Gasteiger charge is 2.25. The maximum absolute atomic E-state index is 12.4. The van der Waals surface area contributed by atoms with Gasteiger partial charge < -0.3 is 5.21 Å². The molecular weight excluding hydrogens is 222 g/mol. The van der Waals surface area contributed by atoms with Gasteiger partial charge in [0.15, 0.2) is 0 Å². The number of fused-ring (bicyclic) bond motifs is 1. The van der Waals surface area contributed by atoms with Crippen LogP contribution < -0.4 is 0 Å². The third-order valence-corrected chi connectivity index (χ3v) is 3.16. The maximum Gasteiger partial charge on any atom is 0.216 e. The molecule has 2 aliphatic rings. The van der Waals surface area contributed by atoms with E-state index >= 15 is 0 Å². The fourth-order valence-corrected chi connectivity index (χ4v) is 2.25. The van der Waals surface area contributed by atoms with Crippen molar-refractivity contribution in [2.24, 2.45) is 5.92 Å². The van der Waals surface area contributed by atoms with E-state index in [0.717, 1.165) is 16.0 Å². The highest BCUT2D eigenvalue weighted by atomic mass is 16.5. The standard InChI is InChI=1S/C16H13NO/c18-17(14-9-2-1-3-10-14)16-12-6-8-13-7-4-5-11-15(13)16/h1-12,15H. The molecule has 0 spiro atoms. The lowest BCUT2D eigenvalue weighted by Gasteiger charge is -2.19. The van der Waals surface area contributed by atoms with Crippen LogP contribution in [0.15, 0.2) is 78.4 Å². The van der Waals surface area contributed by atoms with E-state index in [1.165, 1.54) is 0 Å². The van der Waals surface area contributed by atoms with Crippen molar-refractivity contribution in [1.82, 2.24) is 0 Å². The van der Waals surface area contributed by atoms with Crippen molar-refractivity contribution in [3.05, 3.63) is 83.6 Å². The SMILES string of the molecule is [O-][N+](=C1C=CC=C2C=CC=CC21)c1ccccc1. The minimum absolute atomic E-state index is 0.0673. The molecule has 1 aromatic carbocycles. The predicted molar refractivity (Wildman–Crippen MR) is 73.7 cm³/mol. The first kappa shape index (κ1) is 10.8. The molecule has 1 atom stereocenters. The third kappa shape index (κ3) is 1.82. The average Bonchev–Trinajstić information content (AvgIpc) is 2.47. The monoisotopic (exact) mass is 235 g/mol. The summed E-state index contributed by atoms with van der Waals surface area (Å²) in [6, 6.07) is 9.32. The fourth-order valence-electron chi connectivity index (χ4n) is 2.25. The van der Waals surface area contributed by atoms with Crippen LogP contribution in [0.1, 0.15) is 0 Å². The van der Waals surface area contributed by atoms with Gasteiger partial charge in [-0.25, -0.2) is 0 Å². The van der Waals surface area contributed by atoms with Gasteiger partial charge in [0.05, 0.1) is 5.92 Å². The highest BCUT2D eigenvalue weighted by Crippen LogP contribution is 2.26. The van der Waals surface area contributed by atoms with Crippen LogP contribution in [-0.4, -0.2) is 10.5 Å². The van der Waals surface area contributed by atoms with Gasteiger partial charge in [0, 0.05) is 18.2 Å². The second kappa shape index (κ2) is 4.49. The van der Waals surface area contributed by atoms with Crippen LogP contribution in [0.4, 0.5) is 5.69 Å². The molecule has 18 heavy (non-hydrogen) atoms. The van der Waals surface area contributed by atoms with Gasteiger partial charge in [-0.3, -0.25) is 0 Å². The number of benzene rings is 1. The van der Waals surface area contributed by atoms with Gasteiger partial charge >= 0.3 is 0 Å². The summed E-state index contributed by atoms with van der Waals surface area (Å²) in [6.07, 6.45) is 13.9. The molecule has 3 rings (SSSR count). The lowest BCUT2D eigenvalue weighted by molar-refractivity contribution is -0.362. The Morgan fingerprint density at radius 3 is 2.61 bits per heavy atom. The second-order valence-electron chi connectivity index (χ2n) is 4.30. The van der Waals surface area contributed by atoms with Crippen LogP contribution in [0.5, 0.6) is 0 Å². The summed E-state index contributed by atoms with van der Waals surface area (Å²) in [5.74, 6) is 0.0673. The molecule has 0 saturated carbocycles. The second-order valence-corrected chi connectivity index (χ2v) is 4.30. The molecule has 0 bridgehead atoms. The summed E-state index contributed by atoms with van der Waals surface area (Å²) in [5, 5.41) is 12.4. The Labute approximate surface area is 106 Å². The van der Waals surface area contributed by atoms with E-state index in [1.807, 2.05) is 66.8 Å². The van der Waals surface area contributed by atoms with Crippen molar-refractivity contribution in [2.75, 3.05) is 0 Å². The van der Waals surface area contributed by atoms with Crippen LogP contribution in [0.2, 0.25) is 0 Å². The topological polar surface area (TPSA) is 26.1 Å². The molecule has 2 aliphatic carbocycles. The van der Waals surface area contributed by atoms with Gasteiger partial charge in [-0.1, -0.05) is 54.7 Å². The number of allylic oxidation sites excluding steroid dienone is 8. The third-order valence-electron chi connectivity index (χ3n) is 3.16. The molecule has 0 aliphatic heterocycles. The number of hydrogen-bond donors (Lipinski definition) is 0. The molecule has 0 heterocycles. The first-order chi connectivity index (χ1) is 8.86. The van der Waals surface area contributed by atoms with Gasteiger partial charge in [0.1, 0.15) is 0 Å². The molecule has 0 radical (unpaired) electrons. The molecule has 2 heteroatoms. The Kier molecular flexibility index (Phi) is 2.69. The van der Waals surface area contributed by atoms with Crippen molar-refractivity contribution in [1.29, 1.82) is 0 Å². The van der Waals surface area contributed by atoms with Crippen LogP contribution in [0.3, 0.4) is 0 Å². The Hall–Kier alpha value is -2.35. The normalized spacial score (nSPS) is 23.6. The van der Waals surface area contributed by atoms with Crippen LogP contribution in [-0.2, 0) is 0 Å². The number of hydrogen-bond acceptors (Lipinski definition) is 1. The first-order valence-corrected chi connectivity index (χ1v) is 5.98. The van der Waals surface area contributed by atoms with Gasteiger partial charge in [-0.15, -0.1) is 0 Å². The molecule has 1 unspecified atom stereocenters.